The summed E-state index contributed by atoms with van der Waals surface area (Å²) in [7, 11) is 0. The van der Waals surface area contributed by atoms with E-state index >= 15 is 0 Å². The van der Waals surface area contributed by atoms with Gasteiger partial charge >= 0.3 is 0 Å². The van der Waals surface area contributed by atoms with Crippen LogP contribution >= 0.6 is 0 Å². The lowest BCUT2D eigenvalue weighted by molar-refractivity contribution is 0.481. The van der Waals surface area contributed by atoms with E-state index < -0.39 is 0 Å². The van der Waals surface area contributed by atoms with E-state index in [0.29, 0.717) is 13.0 Å². The second-order valence-electron chi connectivity index (χ2n) is 4.24. The highest BCUT2D eigenvalue weighted by Gasteiger charge is 2.07. The molecule has 96 valence electrons. The molecule has 0 aromatic carbocycles. The summed E-state index contributed by atoms with van der Waals surface area (Å²) < 4.78 is 0. The van der Waals surface area contributed by atoms with Gasteiger partial charge in [-0.3, -0.25) is 0 Å². The largest absolute Gasteiger partial charge is 0.316 e. The van der Waals surface area contributed by atoms with Crippen LogP contribution in [-0.2, 0) is 0 Å². The summed E-state index contributed by atoms with van der Waals surface area (Å²) in [5.74, 6) is 0.0678. The van der Waals surface area contributed by atoms with Crippen LogP contribution in [0.3, 0.4) is 0 Å². The molecule has 0 amide bonds. The number of unbranched alkanes of at least 4 members (excludes halogenated alkanes) is 4. The van der Waals surface area contributed by atoms with Crippen LogP contribution in [0, 0.1) is 22.2 Å². The summed E-state index contributed by atoms with van der Waals surface area (Å²) in [6.07, 6.45) is 8.28. The fraction of sp³-hybridized carbons (Fsp3) is 0.769. The number of allylic oxidation sites excluding steroid dienone is 1. The number of nitriles is 1. The lowest BCUT2D eigenvalue weighted by Gasteiger charge is -2.10. The second-order valence-corrected chi connectivity index (χ2v) is 4.24. The third kappa shape index (κ3) is 11.1. The molecule has 1 N–H and O–H groups in total. The highest BCUT2D eigenvalue weighted by molar-refractivity contribution is 4.78. The summed E-state index contributed by atoms with van der Waals surface area (Å²) in [5.41, 5.74) is 0. The normalized spacial score (nSPS) is 11.7. The average molecular weight is 237 g/mol. The second kappa shape index (κ2) is 12.9. The van der Waals surface area contributed by atoms with Crippen molar-refractivity contribution in [3.63, 3.8) is 0 Å². The maximum atomic E-state index is 10.1. The van der Waals surface area contributed by atoms with Gasteiger partial charge in [0.15, 0.2) is 0 Å². The van der Waals surface area contributed by atoms with Gasteiger partial charge in [-0.25, -0.2) is 0 Å². The number of rotatable bonds is 12. The Morgan fingerprint density at radius 2 is 2.12 bits per heavy atom. The monoisotopic (exact) mass is 237 g/mol. The van der Waals surface area contributed by atoms with E-state index in [0.717, 1.165) is 19.4 Å². The molecule has 0 radical (unpaired) electrons. The average Bonchev–Trinajstić information content (AvgIpc) is 2.33. The van der Waals surface area contributed by atoms with Gasteiger partial charge in [-0.1, -0.05) is 24.1 Å². The Balaban J connectivity index is 3.32. The molecular formula is C13H23N3O. The van der Waals surface area contributed by atoms with E-state index in [1.807, 2.05) is 6.08 Å². The van der Waals surface area contributed by atoms with Crippen LogP contribution in [0.25, 0.3) is 0 Å². The first-order valence-corrected chi connectivity index (χ1v) is 6.32. The van der Waals surface area contributed by atoms with E-state index in [9.17, 15) is 4.91 Å². The zero-order valence-electron chi connectivity index (χ0n) is 10.5. The van der Waals surface area contributed by atoms with Gasteiger partial charge in [0.1, 0.15) is 0 Å². The molecule has 0 aliphatic carbocycles. The standard InChI is InChI=1S/C13H23N3O/c1-2-3-4-5-6-7-10-15-11-13(8-9-14)12-16-17/h2,13,15H,1,3-8,10-12H2. The number of nitroso groups, excluding NO2 is 1. The van der Waals surface area contributed by atoms with Crippen LogP contribution in [0.4, 0.5) is 0 Å². The molecule has 0 bridgehead atoms. The van der Waals surface area contributed by atoms with E-state index in [4.69, 9.17) is 5.26 Å². The topological polar surface area (TPSA) is 65.2 Å². The molecule has 0 heterocycles. The van der Waals surface area contributed by atoms with Crippen LogP contribution in [0.1, 0.15) is 38.5 Å². The Bertz CT molecular complexity index is 235. The molecule has 1 unspecified atom stereocenters. The van der Waals surface area contributed by atoms with Crippen molar-refractivity contribution in [3.8, 4) is 6.07 Å². The molecule has 4 nitrogen and oxygen atoms in total. The minimum atomic E-state index is 0.0678. The summed E-state index contributed by atoms with van der Waals surface area (Å²) in [5, 5.41) is 14.7. The number of hydrogen-bond acceptors (Lipinski definition) is 4. The fourth-order valence-electron chi connectivity index (χ4n) is 1.63. The van der Waals surface area contributed by atoms with E-state index in [1.54, 1.807) is 0 Å². The zero-order valence-corrected chi connectivity index (χ0v) is 10.5. The van der Waals surface area contributed by atoms with Gasteiger partial charge in [0, 0.05) is 18.9 Å². The smallest absolute Gasteiger partial charge is 0.0861 e. The summed E-state index contributed by atoms with van der Waals surface area (Å²) >= 11 is 0. The van der Waals surface area contributed by atoms with Gasteiger partial charge in [0.05, 0.1) is 12.6 Å². The minimum absolute atomic E-state index is 0.0678. The van der Waals surface area contributed by atoms with Gasteiger partial charge in [-0.05, 0) is 25.8 Å². The Labute approximate surface area is 104 Å². The molecule has 0 rings (SSSR count). The lowest BCUT2D eigenvalue weighted by atomic mass is 10.1. The SMILES string of the molecule is C=CCCCCCCNCC(CC#N)CN=O. The Hall–Kier alpha value is -1.21. The number of hydrogen-bond donors (Lipinski definition) is 1. The van der Waals surface area contributed by atoms with Gasteiger partial charge < -0.3 is 5.32 Å². The molecule has 1 atom stereocenters. The van der Waals surface area contributed by atoms with Crippen molar-refractivity contribution in [2.75, 3.05) is 19.6 Å². The van der Waals surface area contributed by atoms with Crippen molar-refractivity contribution in [1.29, 1.82) is 5.26 Å². The maximum Gasteiger partial charge on any atom is 0.0861 e. The predicted octanol–water partition coefficient (Wildman–Crippen LogP) is 3.01. The van der Waals surface area contributed by atoms with Crippen LogP contribution in [0.2, 0.25) is 0 Å². The van der Waals surface area contributed by atoms with Crippen LogP contribution in [-0.4, -0.2) is 19.6 Å². The number of nitrogens with one attached hydrogen (secondary N) is 1. The van der Waals surface area contributed by atoms with Gasteiger partial charge in [0.2, 0.25) is 0 Å². The first-order chi connectivity index (χ1) is 8.35. The molecular weight excluding hydrogens is 214 g/mol. The van der Waals surface area contributed by atoms with E-state index in [1.165, 1.54) is 19.3 Å². The molecule has 0 saturated carbocycles. The third-order valence-electron chi connectivity index (χ3n) is 2.66. The quantitative estimate of drug-likeness (QED) is 0.322. The Morgan fingerprint density at radius 1 is 1.35 bits per heavy atom. The van der Waals surface area contributed by atoms with Crippen molar-refractivity contribution in [1.82, 2.24) is 5.32 Å². The third-order valence-corrected chi connectivity index (χ3v) is 2.66. The van der Waals surface area contributed by atoms with Gasteiger partial charge in [-0.2, -0.15) is 10.2 Å². The highest BCUT2D eigenvalue weighted by atomic mass is 16.3. The number of nitrogens with zero attached hydrogens (tertiary/aromatic N) is 2. The fourth-order valence-corrected chi connectivity index (χ4v) is 1.63. The van der Waals surface area contributed by atoms with Crippen molar-refractivity contribution < 1.29 is 0 Å². The zero-order chi connectivity index (χ0) is 12.8. The van der Waals surface area contributed by atoms with Crippen molar-refractivity contribution in [3.05, 3.63) is 17.6 Å². The molecule has 0 fully saturated rings. The van der Waals surface area contributed by atoms with E-state index in [-0.39, 0.29) is 12.5 Å². The Morgan fingerprint density at radius 3 is 2.76 bits per heavy atom. The molecule has 0 aromatic heterocycles. The van der Waals surface area contributed by atoms with Crippen molar-refractivity contribution >= 4 is 0 Å². The summed E-state index contributed by atoms with van der Waals surface area (Å²) in [4.78, 5) is 10.1. The lowest BCUT2D eigenvalue weighted by Crippen LogP contribution is -2.25. The molecule has 0 aliphatic heterocycles. The summed E-state index contributed by atoms with van der Waals surface area (Å²) in [6, 6.07) is 2.08. The molecule has 0 aliphatic rings. The van der Waals surface area contributed by atoms with Crippen LogP contribution in [0.5, 0.6) is 0 Å². The van der Waals surface area contributed by atoms with Gasteiger partial charge in [0.25, 0.3) is 0 Å². The van der Waals surface area contributed by atoms with Crippen LogP contribution in [0.15, 0.2) is 17.8 Å². The highest BCUT2D eigenvalue weighted by Crippen LogP contribution is 2.04. The predicted molar refractivity (Wildman–Crippen MR) is 70.5 cm³/mol. The molecule has 0 spiro atoms. The van der Waals surface area contributed by atoms with Crippen molar-refractivity contribution in [2.45, 2.75) is 38.5 Å². The first kappa shape index (κ1) is 15.8. The van der Waals surface area contributed by atoms with Crippen molar-refractivity contribution in [2.24, 2.45) is 11.1 Å². The molecule has 17 heavy (non-hydrogen) atoms. The molecule has 0 aromatic rings. The summed E-state index contributed by atoms with van der Waals surface area (Å²) in [6.45, 7) is 5.59. The van der Waals surface area contributed by atoms with Crippen LogP contribution < -0.4 is 5.32 Å². The van der Waals surface area contributed by atoms with E-state index in [2.05, 4.69) is 23.1 Å². The van der Waals surface area contributed by atoms with Gasteiger partial charge in [-0.15, -0.1) is 6.58 Å². The minimum Gasteiger partial charge on any atom is -0.316 e. The first-order valence-electron chi connectivity index (χ1n) is 6.32. The molecule has 4 heteroatoms. The maximum absolute atomic E-state index is 10.1. The molecule has 0 saturated heterocycles. The Kier molecular flexibility index (Phi) is 11.9.